The Balaban J connectivity index is 1.73. The highest BCUT2D eigenvalue weighted by atomic mass is 79.9. The first kappa shape index (κ1) is 23.4. The van der Waals surface area contributed by atoms with E-state index in [0.717, 1.165) is 17.2 Å². The number of nitrogens with one attached hydrogen (secondary N) is 1. The van der Waals surface area contributed by atoms with Crippen molar-refractivity contribution in [2.24, 2.45) is 5.10 Å². The average Bonchev–Trinajstić information content (AvgIpc) is 2.73. The number of nitro groups is 2. The molecule has 0 spiro atoms. The number of anilines is 1. The second kappa shape index (κ2) is 10.3. The molecule has 0 heterocycles. The molecule has 164 valence electrons. The molecule has 0 aliphatic rings. The Bertz CT molecular complexity index is 1190. The fourth-order valence-corrected chi connectivity index (χ4v) is 4.26. The number of rotatable bonds is 8. The normalized spacial score (nSPS) is 10.8. The van der Waals surface area contributed by atoms with Gasteiger partial charge in [0.25, 0.3) is 5.69 Å². The van der Waals surface area contributed by atoms with Crippen molar-refractivity contribution in [3.8, 4) is 5.75 Å². The van der Waals surface area contributed by atoms with Crippen molar-refractivity contribution in [3.63, 3.8) is 0 Å². The molecule has 0 aliphatic carbocycles. The zero-order chi connectivity index (χ0) is 23.3. The number of non-ortho nitro benzene ring substituents is 1. The number of halogens is 2. The minimum absolute atomic E-state index is 0.0353. The van der Waals surface area contributed by atoms with Gasteiger partial charge in [-0.1, -0.05) is 29.8 Å². The first-order chi connectivity index (χ1) is 15.2. The molecule has 0 saturated heterocycles. The molecule has 3 rings (SSSR count). The highest BCUT2D eigenvalue weighted by molar-refractivity contribution is 9.11. The molecule has 0 bridgehead atoms. The van der Waals surface area contributed by atoms with Crippen LogP contribution in [-0.2, 0) is 6.61 Å². The van der Waals surface area contributed by atoms with Crippen molar-refractivity contribution in [2.75, 3.05) is 5.43 Å². The van der Waals surface area contributed by atoms with E-state index >= 15 is 0 Å². The molecule has 0 amide bonds. The summed E-state index contributed by atoms with van der Waals surface area (Å²) in [7, 11) is 0. The quantitative estimate of drug-likeness (QED) is 0.193. The van der Waals surface area contributed by atoms with Crippen LogP contribution in [0.2, 0.25) is 0 Å². The third kappa shape index (κ3) is 5.89. The predicted octanol–water partition coefficient (Wildman–Crippen LogP) is 6.36. The second-order valence-corrected chi connectivity index (χ2v) is 8.39. The van der Waals surface area contributed by atoms with E-state index in [9.17, 15) is 20.2 Å². The summed E-state index contributed by atoms with van der Waals surface area (Å²) in [5, 5.41) is 26.1. The van der Waals surface area contributed by atoms with E-state index in [2.05, 4.69) is 42.4 Å². The summed E-state index contributed by atoms with van der Waals surface area (Å²) in [6.45, 7) is 2.42. The van der Waals surface area contributed by atoms with Crippen LogP contribution in [0.3, 0.4) is 0 Å². The first-order valence-electron chi connectivity index (χ1n) is 9.14. The fourth-order valence-electron chi connectivity index (χ4n) is 2.80. The Morgan fingerprint density at radius 2 is 1.75 bits per heavy atom. The van der Waals surface area contributed by atoms with E-state index in [4.69, 9.17) is 4.74 Å². The molecule has 11 heteroatoms. The summed E-state index contributed by atoms with van der Waals surface area (Å²) in [4.78, 5) is 20.6. The third-order valence-electron chi connectivity index (χ3n) is 4.27. The molecule has 0 fully saturated rings. The monoisotopic (exact) mass is 562 g/mol. The van der Waals surface area contributed by atoms with Gasteiger partial charge in [0.1, 0.15) is 18.0 Å². The van der Waals surface area contributed by atoms with E-state index in [-0.39, 0.29) is 11.4 Å². The molecule has 0 atom stereocenters. The molecule has 0 aliphatic heterocycles. The molecule has 1 N–H and O–H groups in total. The lowest BCUT2D eigenvalue weighted by Crippen LogP contribution is -1.99. The van der Waals surface area contributed by atoms with Crippen LogP contribution in [0, 0.1) is 27.2 Å². The third-order valence-corrected chi connectivity index (χ3v) is 5.45. The molecule has 0 unspecified atom stereocenters. The predicted molar refractivity (Wildman–Crippen MR) is 128 cm³/mol. The molecule has 0 saturated carbocycles. The summed E-state index contributed by atoms with van der Waals surface area (Å²) >= 11 is 6.97. The van der Waals surface area contributed by atoms with Crippen molar-refractivity contribution in [1.82, 2.24) is 0 Å². The highest BCUT2D eigenvalue weighted by Crippen LogP contribution is 2.35. The smallest absolute Gasteiger partial charge is 0.301 e. The number of hydrazone groups is 1. The lowest BCUT2D eigenvalue weighted by molar-refractivity contribution is -0.393. The standard InChI is InChI=1S/C21H16Br2N4O5/c1-13-3-2-4-14(7-13)12-32-21-17(22)8-15(9-18(21)23)11-24-25-19-6-5-16(26(28)29)10-20(19)27(30)31/h2-11,25H,12H2,1H3/b24-11-. The van der Waals surface area contributed by atoms with Crippen LogP contribution in [-0.4, -0.2) is 16.1 Å². The molecule has 0 radical (unpaired) electrons. The van der Waals surface area contributed by atoms with Crippen molar-refractivity contribution in [3.05, 3.63) is 100 Å². The minimum Gasteiger partial charge on any atom is -0.487 e. The van der Waals surface area contributed by atoms with Crippen molar-refractivity contribution in [2.45, 2.75) is 13.5 Å². The average molecular weight is 564 g/mol. The summed E-state index contributed by atoms with van der Waals surface area (Å²) in [5.41, 5.74) is 4.65. The Labute approximate surface area is 199 Å². The van der Waals surface area contributed by atoms with Gasteiger partial charge in [0.2, 0.25) is 0 Å². The maximum absolute atomic E-state index is 11.2. The Morgan fingerprint density at radius 3 is 2.38 bits per heavy atom. The minimum atomic E-state index is -0.710. The number of hydrogen-bond acceptors (Lipinski definition) is 7. The van der Waals surface area contributed by atoms with Gasteiger partial charge in [0.05, 0.1) is 31.1 Å². The Morgan fingerprint density at radius 1 is 1.03 bits per heavy atom. The molecule has 3 aromatic rings. The van der Waals surface area contributed by atoms with Gasteiger partial charge in [-0.2, -0.15) is 5.10 Å². The van der Waals surface area contributed by atoms with E-state index in [1.165, 1.54) is 18.3 Å². The fraction of sp³-hybridized carbons (Fsp3) is 0.0952. The van der Waals surface area contributed by atoms with Crippen LogP contribution in [0.5, 0.6) is 5.75 Å². The number of nitrogens with zero attached hydrogens (tertiary/aromatic N) is 3. The molecule has 3 aromatic carbocycles. The molecule has 32 heavy (non-hydrogen) atoms. The van der Waals surface area contributed by atoms with Gasteiger partial charge in [-0.15, -0.1) is 0 Å². The van der Waals surface area contributed by atoms with Gasteiger partial charge < -0.3 is 4.74 Å². The lowest BCUT2D eigenvalue weighted by Gasteiger charge is -2.12. The van der Waals surface area contributed by atoms with E-state index in [0.29, 0.717) is 26.9 Å². The number of ether oxygens (including phenoxy) is 1. The number of nitro benzene ring substituents is 2. The van der Waals surface area contributed by atoms with E-state index < -0.39 is 15.5 Å². The molecular weight excluding hydrogens is 548 g/mol. The summed E-state index contributed by atoms with van der Waals surface area (Å²) in [5.74, 6) is 0.627. The van der Waals surface area contributed by atoms with Crippen LogP contribution >= 0.6 is 31.9 Å². The van der Waals surface area contributed by atoms with Crippen LogP contribution in [0.1, 0.15) is 16.7 Å². The lowest BCUT2D eigenvalue weighted by atomic mass is 10.1. The van der Waals surface area contributed by atoms with Gasteiger partial charge in [0.15, 0.2) is 0 Å². The van der Waals surface area contributed by atoms with Gasteiger partial charge in [-0.05, 0) is 68.1 Å². The second-order valence-electron chi connectivity index (χ2n) is 6.68. The maximum Gasteiger partial charge on any atom is 0.301 e. The summed E-state index contributed by atoms with van der Waals surface area (Å²) in [6.07, 6.45) is 1.46. The van der Waals surface area contributed by atoms with Gasteiger partial charge >= 0.3 is 5.69 Å². The van der Waals surface area contributed by atoms with Crippen LogP contribution < -0.4 is 10.2 Å². The topological polar surface area (TPSA) is 120 Å². The van der Waals surface area contributed by atoms with E-state index in [1.54, 1.807) is 12.1 Å². The highest BCUT2D eigenvalue weighted by Gasteiger charge is 2.19. The molecule has 0 aromatic heterocycles. The molecular formula is C21H16Br2N4O5. The summed E-state index contributed by atoms with van der Waals surface area (Å²) in [6, 6.07) is 14.9. The number of hydrogen-bond donors (Lipinski definition) is 1. The Hall–Kier alpha value is -3.31. The first-order valence-corrected chi connectivity index (χ1v) is 10.7. The van der Waals surface area contributed by atoms with Crippen LogP contribution in [0.25, 0.3) is 0 Å². The largest absolute Gasteiger partial charge is 0.487 e. The van der Waals surface area contributed by atoms with Crippen LogP contribution in [0.15, 0.2) is 68.6 Å². The van der Waals surface area contributed by atoms with E-state index in [1.807, 2.05) is 31.2 Å². The zero-order valence-electron chi connectivity index (χ0n) is 16.6. The zero-order valence-corrected chi connectivity index (χ0v) is 19.8. The van der Waals surface area contributed by atoms with Crippen molar-refractivity contribution >= 4 is 55.1 Å². The van der Waals surface area contributed by atoms with Gasteiger partial charge in [-0.3, -0.25) is 25.7 Å². The van der Waals surface area contributed by atoms with Crippen LogP contribution in [0.4, 0.5) is 17.1 Å². The molecule has 9 nitrogen and oxygen atoms in total. The van der Waals surface area contributed by atoms with Gasteiger partial charge in [0, 0.05) is 6.07 Å². The number of aryl methyl sites for hydroxylation is 1. The Kier molecular flexibility index (Phi) is 7.54. The SMILES string of the molecule is Cc1cccc(COc2c(Br)cc(/C=N\Nc3ccc([N+](=O)[O-])cc3[N+](=O)[O-])cc2Br)c1. The number of benzene rings is 3. The maximum atomic E-state index is 11.2. The van der Waals surface area contributed by atoms with Crippen molar-refractivity contribution in [1.29, 1.82) is 0 Å². The van der Waals surface area contributed by atoms with Gasteiger partial charge in [-0.25, -0.2) is 0 Å². The van der Waals surface area contributed by atoms with Crippen molar-refractivity contribution < 1.29 is 14.6 Å². The summed E-state index contributed by atoms with van der Waals surface area (Å²) < 4.78 is 7.32.